The van der Waals surface area contributed by atoms with Gasteiger partial charge in [0, 0.05) is 13.6 Å². The molecule has 0 aliphatic rings. The Hall–Kier alpha value is -1.26. The number of nitrogens with zero attached hydrogens (tertiary/aromatic N) is 1. The van der Waals surface area contributed by atoms with Gasteiger partial charge in [0.2, 0.25) is 5.91 Å². The average molecular weight is 301 g/mol. The van der Waals surface area contributed by atoms with Gasteiger partial charge in [0.25, 0.3) is 0 Å². The van der Waals surface area contributed by atoms with E-state index in [1.165, 1.54) is 0 Å². The zero-order valence-electron chi connectivity index (χ0n) is 12.6. The molecule has 0 heterocycles. The first-order chi connectivity index (χ1) is 8.95. The molecule has 4 nitrogen and oxygen atoms in total. The Morgan fingerprint density at radius 3 is 2.30 bits per heavy atom. The largest absolute Gasteiger partial charge is 0.494 e. The maximum Gasteiger partial charge on any atom is 0.239 e. The Balaban J connectivity index is 0.00000361. The van der Waals surface area contributed by atoms with Crippen LogP contribution in [0.25, 0.3) is 0 Å². The molecular formula is C15H25ClN2O2. The molecule has 20 heavy (non-hydrogen) atoms. The fourth-order valence-corrected chi connectivity index (χ4v) is 1.75. The van der Waals surface area contributed by atoms with Crippen molar-refractivity contribution in [2.45, 2.75) is 33.4 Å². The van der Waals surface area contributed by atoms with Gasteiger partial charge in [-0.05, 0) is 30.5 Å². The lowest BCUT2D eigenvalue weighted by Crippen LogP contribution is -2.44. The van der Waals surface area contributed by atoms with Crippen LogP contribution in [0, 0.1) is 5.92 Å². The maximum absolute atomic E-state index is 12.0. The topological polar surface area (TPSA) is 55.6 Å². The highest BCUT2D eigenvalue weighted by Crippen LogP contribution is 2.14. The summed E-state index contributed by atoms with van der Waals surface area (Å²) in [6.07, 6.45) is 0. The number of ether oxygens (including phenoxy) is 1. The van der Waals surface area contributed by atoms with Crippen molar-refractivity contribution in [3.8, 4) is 5.75 Å². The molecule has 0 aliphatic carbocycles. The van der Waals surface area contributed by atoms with Gasteiger partial charge in [-0.25, -0.2) is 0 Å². The van der Waals surface area contributed by atoms with Gasteiger partial charge in [0.15, 0.2) is 0 Å². The van der Waals surface area contributed by atoms with E-state index in [1.807, 2.05) is 45.0 Å². The van der Waals surface area contributed by atoms with Crippen LogP contribution in [-0.2, 0) is 11.3 Å². The lowest BCUT2D eigenvalue weighted by molar-refractivity contribution is -0.132. The molecule has 1 rings (SSSR count). The highest BCUT2D eigenvalue weighted by Gasteiger charge is 2.20. The van der Waals surface area contributed by atoms with Crippen molar-refractivity contribution in [3.63, 3.8) is 0 Å². The van der Waals surface area contributed by atoms with Gasteiger partial charge >= 0.3 is 0 Å². The molecule has 0 bridgehead atoms. The first-order valence-corrected chi connectivity index (χ1v) is 6.68. The molecule has 1 aromatic carbocycles. The van der Waals surface area contributed by atoms with Gasteiger partial charge < -0.3 is 15.4 Å². The molecule has 1 aromatic rings. The third kappa shape index (κ3) is 5.39. The fourth-order valence-electron chi connectivity index (χ4n) is 1.75. The Morgan fingerprint density at radius 1 is 1.30 bits per heavy atom. The van der Waals surface area contributed by atoms with Crippen LogP contribution in [-0.4, -0.2) is 30.5 Å². The van der Waals surface area contributed by atoms with Crippen LogP contribution in [0.3, 0.4) is 0 Å². The fraction of sp³-hybridized carbons (Fsp3) is 0.533. The van der Waals surface area contributed by atoms with E-state index in [-0.39, 0.29) is 24.2 Å². The lowest BCUT2D eigenvalue weighted by Gasteiger charge is -2.23. The van der Waals surface area contributed by atoms with Crippen molar-refractivity contribution in [2.24, 2.45) is 11.7 Å². The van der Waals surface area contributed by atoms with Gasteiger partial charge in [-0.3, -0.25) is 4.79 Å². The quantitative estimate of drug-likeness (QED) is 0.878. The minimum Gasteiger partial charge on any atom is -0.494 e. The summed E-state index contributed by atoms with van der Waals surface area (Å²) in [4.78, 5) is 13.7. The Morgan fingerprint density at radius 2 is 1.85 bits per heavy atom. The van der Waals surface area contributed by atoms with Crippen LogP contribution >= 0.6 is 12.4 Å². The van der Waals surface area contributed by atoms with Crippen LogP contribution in [0.5, 0.6) is 5.75 Å². The Bertz CT molecular complexity index is 407. The number of likely N-dealkylation sites (N-methyl/N-ethyl adjacent to an activating group) is 1. The monoisotopic (exact) mass is 300 g/mol. The zero-order chi connectivity index (χ0) is 14.4. The molecule has 2 N–H and O–H groups in total. The van der Waals surface area contributed by atoms with Crippen LogP contribution in [0.2, 0.25) is 0 Å². The summed E-state index contributed by atoms with van der Waals surface area (Å²) in [5, 5.41) is 0. The molecule has 0 saturated heterocycles. The number of benzene rings is 1. The van der Waals surface area contributed by atoms with Crippen LogP contribution in [0.15, 0.2) is 24.3 Å². The predicted molar refractivity (Wildman–Crippen MR) is 84.1 cm³/mol. The second-order valence-electron chi connectivity index (χ2n) is 5.04. The molecule has 0 fully saturated rings. The summed E-state index contributed by atoms with van der Waals surface area (Å²) in [7, 11) is 1.78. The minimum atomic E-state index is -0.437. The van der Waals surface area contributed by atoms with Crippen LogP contribution in [0.1, 0.15) is 26.3 Å². The Labute approximate surface area is 127 Å². The highest BCUT2D eigenvalue weighted by molar-refractivity contribution is 5.85. The smallest absolute Gasteiger partial charge is 0.239 e. The first kappa shape index (κ1) is 18.7. The number of carbonyl (C=O) groups excluding carboxylic acids is 1. The van der Waals surface area contributed by atoms with E-state index >= 15 is 0 Å². The van der Waals surface area contributed by atoms with E-state index in [0.29, 0.717) is 13.2 Å². The van der Waals surface area contributed by atoms with Gasteiger partial charge in [-0.1, -0.05) is 26.0 Å². The van der Waals surface area contributed by atoms with Crippen molar-refractivity contribution in [1.82, 2.24) is 4.90 Å². The van der Waals surface area contributed by atoms with E-state index in [4.69, 9.17) is 10.5 Å². The second kappa shape index (κ2) is 8.82. The number of hydrogen-bond acceptors (Lipinski definition) is 3. The lowest BCUT2D eigenvalue weighted by atomic mass is 10.0. The second-order valence-corrected chi connectivity index (χ2v) is 5.04. The standard InChI is InChI=1S/C15H24N2O2.ClH/c1-5-19-13-8-6-12(7-9-13)10-17(4)15(18)14(16)11(2)3;/h6-9,11,14H,5,10,16H2,1-4H3;1H. The van der Waals surface area contributed by atoms with Gasteiger partial charge in [0.1, 0.15) is 5.75 Å². The SMILES string of the molecule is CCOc1ccc(CN(C)C(=O)C(N)C(C)C)cc1.Cl. The molecular weight excluding hydrogens is 276 g/mol. The number of rotatable bonds is 6. The van der Waals surface area contributed by atoms with Crippen molar-refractivity contribution in [2.75, 3.05) is 13.7 Å². The predicted octanol–water partition coefficient (Wildman–Crippen LogP) is 2.45. The van der Waals surface area contributed by atoms with E-state index < -0.39 is 6.04 Å². The molecule has 0 aromatic heterocycles. The van der Waals surface area contributed by atoms with Crippen LogP contribution < -0.4 is 10.5 Å². The summed E-state index contributed by atoms with van der Waals surface area (Å²) in [6.45, 7) is 7.07. The van der Waals surface area contributed by atoms with Crippen LogP contribution in [0.4, 0.5) is 0 Å². The molecule has 0 spiro atoms. The number of hydrogen-bond donors (Lipinski definition) is 1. The van der Waals surface area contributed by atoms with Gasteiger partial charge in [-0.2, -0.15) is 0 Å². The van der Waals surface area contributed by atoms with Gasteiger partial charge in [0.05, 0.1) is 12.6 Å². The molecule has 0 aliphatic heterocycles. The van der Waals surface area contributed by atoms with Crippen molar-refractivity contribution < 1.29 is 9.53 Å². The van der Waals surface area contributed by atoms with E-state index in [2.05, 4.69) is 0 Å². The molecule has 114 valence electrons. The van der Waals surface area contributed by atoms with E-state index in [9.17, 15) is 4.79 Å². The first-order valence-electron chi connectivity index (χ1n) is 6.68. The summed E-state index contributed by atoms with van der Waals surface area (Å²) in [5.74, 6) is 0.971. The zero-order valence-corrected chi connectivity index (χ0v) is 13.4. The summed E-state index contributed by atoms with van der Waals surface area (Å²) in [6, 6.07) is 7.33. The van der Waals surface area contributed by atoms with Crippen molar-refractivity contribution in [1.29, 1.82) is 0 Å². The molecule has 5 heteroatoms. The molecule has 1 atom stereocenters. The maximum atomic E-state index is 12.0. The summed E-state index contributed by atoms with van der Waals surface area (Å²) in [5.41, 5.74) is 6.93. The van der Waals surface area contributed by atoms with Gasteiger partial charge in [-0.15, -0.1) is 12.4 Å². The normalized spacial score (nSPS) is 11.7. The van der Waals surface area contributed by atoms with E-state index in [0.717, 1.165) is 11.3 Å². The average Bonchev–Trinajstić information content (AvgIpc) is 2.39. The summed E-state index contributed by atoms with van der Waals surface area (Å²) < 4.78 is 5.38. The highest BCUT2D eigenvalue weighted by atomic mass is 35.5. The number of nitrogens with two attached hydrogens (primary N) is 1. The molecule has 0 radical (unpaired) electrons. The third-order valence-electron chi connectivity index (χ3n) is 3.03. The summed E-state index contributed by atoms with van der Waals surface area (Å²) >= 11 is 0. The third-order valence-corrected chi connectivity index (χ3v) is 3.03. The molecule has 0 saturated carbocycles. The van der Waals surface area contributed by atoms with E-state index in [1.54, 1.807) is 11.9 Å². The minimum absolute atomic E-state index is 0. The molecule has 1 amide bonds. The van der Waals surface area contributed by atoms with Crippen molar-refractivity contribution in [3.05, 3.63) is 29.8 Å². The number of amides is 1. The van der Waals surface area contributed by atoms with Crippen molar-refractivity contribution >= 4 is 18.3 Å². The number of carbonyl (C=O) groups is 1. The molecule has 1 unspecified atom stereocenters. The number of halogens is 1. The Kier molecular flexibility index (Phi) is 8.26.